The zero-order valence-electron chi connectivity index (χ0n) is 7.44. The molecule has 0 spiro atoms. The normalized spacial score (nSPS) is 34.1. The lowest BCUT2D eigenvalue weighted by molar-refractivity contribution is -0.131. The van der Waals surface area contributed by atoms with E-state index in [1.54, 1.807) is 0 Å². The molecule has 0 saturated carbocycles. The van der Waals surface area contributed by atoms with Gasteiger partial charge in [0.15, 0.2) is 0 Å². The summed E-state index contributed by atoms with van der Waals surface area (Å²) >= 11 is 0.206. The molecular formula is C6H10F3NO3S2. The monoisotopic (exact) mass is 265 g/mol. The lowest BCUT2D eigenvalue weighted by Crippen LogP contribution is -2.43. The average Bonchev–Trinajstić information content (AvgIpc) is 1.99. The van der Waals surface area contributed by atoms with E-state index in [0.717, 1.165) is 0 Å². The minimum absolute atomic E-state index is 0.157. The maximum Gasteiger partial charge on any atom is 0.400 e. The largest absolute Gasteiger partial charge is 0.400 e. The lowest BCUT2D eigenvalue weighted by Gasteiger charge is -2.32. The second kappa shape index (κ2) is 4.11. The topological polar surface area (TPSA) is 80.4 Å². The van der Waals surface area contributed by atoms with Crippen LogP contribution >= 0.6 is 11.8 Å². The molecule has 0 amide bonds. The highest BCUT2D eigenvalue weighted by Gasteiger charge is 2.47. The highest BCUT2D eigenvalue weighted by atomic mass is 32.3. The van der Waals surface area contributed by atoms with Crippen LogP contribution in [0.4, 0.5) is 13.2 Å². The molecular weight excluding hydrogens is 255 g/mol. The number of alkyl halides is 3. The van der Waals surface area contributed by atoms with Crippen LogP contribution in [0.2, 0.25) is 0 Å². The quantitative estimate of drug-likeness (QED) is 0.691. The predicted molar refractivity (Wildman–Crippen MR) is 50.0 cm³/mol. The van der Waals surface area contributed by atoms with Gasteiger partial charge in [0.05, 0.1) is 0 Å². The van der Waals surface area contributed by atoms with Crippen molar-refractivity contribution in [1.82, 2.24) is 0 Å². The minimum Gasteiger partial charge on any atom is -0.328 e. The van der Waals surface area contributed by atoms with Crippen molar-refractivity contribution in [3.8, 4) is 0 Å². The highest BCUT2D eigenvalue weighted by molar-refractivity contribution is 8.12. The van der Waals surface area contributed by atoms with Crippen LogP contribution in [0.1, 0.15) is 12.8 Å². The molecule has 3 N–H and O–H groups in total. The third-order valence-electron chi connectivity index (χ3n) is 2.03. The SMILES string of the molecule is NC1CC(C(F)(F)F)SC(S(=O)(=O)O)C1. The van der Waals surface area contributed by atoms with Crippen LogP contribution in [0.15, 0.2) is 0 Å². The summed E-state index contributed by atoms with van der Waals surface area (Å²) in [5.41, 5.74) is 5.32. The number of hydrogen-bond acceptors (Lipinski definition) is 4. The van der Waals surface area contributed by atoms with Crippen LogP contribution in [0.3, 0.4) is 0 Å². The van der Waals surface area contributed by atoms with Crippen LogP contribution in [0, 0.1) is 0 Å². The molecule has 15 heavy (non-hydrogen) atoms. The predicted octanol–water partition coefficient (Wildman–Crippen LogP) is 0.985. The summed E-state index contributed by atoms with van der Waals surface area (Å²) in [6, 6.07) is -0.857. The van der Waals surface area contributed by atoms with Crippen molar-refractivity contribution in [1.29, 1.82) is 0 Å². The fourth-order valence-electron chi connectivity index (χ4n) is 1.32. The van der Waals surface area contributed by atoms with E-state index in [4.69, 9.17) is 10.3 Å². The molecule has 0 aromatic rings. The van der Waals surface area contributed by atoms with Crippen LogP contribution in [-0.4, -0.2) is 35.0 Å². The first-order valence-corrected chi connectivity index (χ1v) is 6.49. The lowest BCUT2D eigenvalue weighted by atomic mass is 10.1. The Bertz CT molecular complexity index is 329. The molecule has 1 rings (SSSR count). The van der Waals surface area contributed by atoms with E-state index in [1.807, 2.05) is 0 Å². The average molecular weight is 265 g/mol. The van der Waals surface area contributed by atoms with Gasteiger partial charge in [0.2, 0.25) is 0 Å². The van der Waals surface area contributed by atoms with Gasteiger partial charge in [-0.15, -0.1) is 11.8 Å². The molecule has 0 aliphatic carbocycles. The molecule has 0 aromatic heterocycles. The third kappa shape index (κ3) is 3.51. The molecule has 3 unspecified atom stereocenters. The zero-order valence-corrected chi connectivity index (χ0v) is 9.07. The molecule has 1 aliphatic heterocycles. The van der Waals surface area contributed by atoms with Crippen molar-refractivity contribution in [2.75, 3.05) is 0 Å². The molecule has 90 valence electrons. The molecule has 1 fully saturated rings. The van der Waals surface area contributed by atoms with Gasteiger partial charge in [0, 0.05) is 6.04 Å². The summed E-state index contributed by atoms with van der Waals surface area (Å²) in [5.74, 6) is 0. The summed E-state index contributed by atoms with van der Waals surface area (Å²) < 4.78 is 65.6. The fraction of sp³-hybridized carbons (Fsp3) is 1.00. The van der Waals surface area contributed by atoms with E-state index >= 15 is 0 Å². The molecule has 0 aromatic carbocycles. The van der Waals surface area contributed by atoms with Gasteiger partial charge in [-0.3, -0.25) is 4.55 Å². The summed E-state index contributed by atoms with van der Waals surface area (Å²) in [5, 5.41) is -1.83. The number of nitrogens with two attached hydrogens (primary N) is 1. The van der Waals surface area contributed by atoms with E-state index in [-0.39, 0.29) is 24.6 Å². The van der Waals surface area contributed by atoms with Crippen molar-refractivity contribution in [2.24, 2.45) is 5.73 Å². The van der Waals surface area contributed by atoms with Crippen molar-refractivity contribution in [2.45, 2.75) is 34.9 Å². The van der Waals surface area contributed by atoms with Gasteiger partial charge in [-0.1, -0.05) is 0 Å². The van der Waals surface area contributed by atoms with E-state index in [9.17, 15) is 21.6 Å². The van der Waals surface area contributed by atoms with Crippen molar-refractivity contribution < 1.29 is 26.1 Å². The smallest absolute Gasteiger partial charge is 0.328 e. The van der Waals surface area contributed by atoms with Gasteiger partial charge in [-0.05, 0) is 12.8 Å². The Labute approximate surface area is 89.1 Å². The van der Waals surface area contributed by atoms with Gasteiger partial charge in [-0.25, -0.2) is 0 Å². The maximum atomic E-state index is 12.3. The Kier molecular flexibility index (Phi) is 3.59. The molecule has 4 nitrogen and oxygen atoms in total. The Morgan fingerprint density at radius 2 is 1.87 bits per heavy atom. The molecule has 9 heteroatoms. The van der Waals surface area contributed by atoms with E-state index in [0.29, 0.717) is 0 Å². The van der Waals surface area contributed by atoms with Crippen LogP contribution in [0.5, 0.6) is 0 Å². The second-order valence-corrected chi connectivity index (χ2v) is 6.65. The van der Waals surface area contributed by atoms with E-state index < -0.39 is 32.2 Å². The number of rotatable bonds is 1. The Balaban J connectivity index is 2.82. The molecule has 0 radical (unpaired) electrons. The maximum absolute atomic E-state index is 12.3. The summed E-state index contributed by atoms with van der Waals surface area (Å²) in [7, 11) is -4.47. The Morgan fingerprint density at radius 1 is 1.33 bits per heavy atom. The number of thioether (sulfide) groups is 1. The van der Waals surface area contributed by atoms with Gasteiger partial charge < -0.3 is 5.73 Å². The number of halogens is 3. The first-order valence-electron chi connectivity index (χ1n) is 4.04. The molecule has 1 heterocycles. The first kappa shape index (κ1) is 13.1. The highest BCUT2D eigenvalue weighted by Crippen LogP contribution is 2.42. The summed E-state index contributed by atoms with van der Waals surface area (Å²) in [4.78, 5) is 0. The van der Waals surface area contributed by atoms with E-state index in [1.165, 1.54) is 0 Å². The van der Waals surface area contributed by atoms with Crippen molar-refractivity contribution in [3.63, 3.8) is 0 Å². The van der Waals surface area contributed by atoms with Crippen molar-refractivity contribution >= 4 is 21.9 Å². The fourth-order valence-corrected chi connectivity index (χ4v) is 4.01. The minimum atomic E-state index is -4.49. The zero-order chi connectivity index (χ0) is 11.9. The summed E-state index contributed by atoms with van der Waals surface area (Å²) in [6.07, 6.45) is -4.97. The number of hydrogen-bond donors (Lipinski definition) is 2. The van der Waals surface area contributed by atoms with Crippen LogP contribution in [0.25, 0.3) is 0 Å². The third-order valence-corrected chi connectivity index (χ3v) is 5.23. The first-order chi connectivity index (χ1) is 6.60. The van der Waals surface area contributed by atoms with Crippen molar-refractivity contribution in [3.05, 3.63) is 0 Å². The molecule has 1 aliphatic rings. The van der Waals surface area contributed by atoms with Crippen LogP contribution < -0.4 is 5.73 Å². The van der Waals surface area contributed by atoms with Gasteiger partial charge in [0.1, 0.15) is 9.83 Å². The van der Waals surface area contributed by atoms with Gasteiger partial charge >= 0.3 is 6.18 Å². The van der Waals surface area contributed by atoms with E-state index in [2.05, 4.69) is 0 Å². The standard InChI is InChI=1S/C6H10F3NO3S2/c7-6(8,9)4-1-3(10)2-5(14-4)15(11,12)13/h3-5H,1-2,10H2,(H,11,12,13). The molecule has 0 bridgehead atoms. The molecule has 1 saturated heterocycles. The second-order valence-electron chi connectivity index (χ2n) is 3.34. The molecule has 3 atom stereocenters. The summed E-state index contributed by atoms with van der Waals surface area (Å²) in [6.45, 7) is 0. The Hall–Kier alpha value is 0.01000. The van der Waals surface area contributed by atoms with Gasteiger partial charge in [0.25, 0.3) is 10.1 Å². The van der Waals surface area contributed by atoms with Gasteiger partial charge in [-0.2, -0.15) is 21.6 Å². The van der Waals surface area contributed by atoms with Crippen LogP contribution in [-0.2, 0) is 10.1 Å². The Morgan fingerprint density at radius 3 is 2.27 bits per heavy atom.